The van der Waals surface area contributed by atoms with Crippen molar-refractivity contribution >= 4 is 16.0 Å². The molecule has 0 aliphatic rings. The van der Waals surface area contributed by atoms with Gasteiger partial charge in [-0.25, -0.2) is 0 Å². The Labute approximate surface area is 81.3 Å². The number of aryl methyl sites for hydroxylation is 1. The Bertz CT molecular complexity index is 478. The van der Waals surface area contributed by atoms with Crippen LogP contribution in [0.5, 0.6) is 0 Å². The molecule has 1 aromatic carbocycles. The van der Waals surface area contributed by atoms with Crippen LogP contribution in [-0.2, 0) is 10.1 Å². The smallest absolute Gasteiger partial charge is 0.295 e. The van der Waals surface area contributed by atoms with E-state index in [4.69, 9.17) is 10.3 Å². The van der Waals surface area contributed by atoms with E-state index in [1.54, 1.807) is 6.92 Å². The largest absolute Gasteiger partial charge is 0.366 e. The molecule has 76 valence electrons. The first kappa shape index (κ1) is 10.7. The molecule has 6 heteroatoms. The van der Waals surface area contributed by atoms with Crippen LogP contribution in [0.25, 0.3) is 0 Å². The molecule has 0 fully saturated rings. The van der Waals surface area contributed by atoms with Gasteiger partial charge in [0.25, 0.3) is 10.1 Å². The van der Waals surface area contributed by atoms with Crippen molar-refractivity contribution in [3.63, 3.8) is 0 Å². The molecule has 0 aromatic heterocycles. The fourth-order valence-electron chi connectivity index (χ4n) is 1.05. The number of carbonyl (C=O) groups excluding carboxylic acids is 1. The van der Waals surface area contributed by atoms with Crippen LogP contribution in [-0.4, -0.2) is 18.9 Å². The minimum absolute atomic E-state index is 0.210. The molecule has 0 saturated heterocycles. The van der Waals surface area contributed by atoms with Crippen LogP contribution in [0.2, 0.25) is 0 Å². The zero-order valence-corrected chi connectivity index (χ0v) is 8.21. The van der Waals surface area contributed by atoms with E-state index in [9.17, 15) is 13.2 Å². The summed E-state index contributed by atoms with van der Waals surface area (Å²) in [7, 11) is -4.40. The van der Waals surface area contributed by atoms with Crippen molar-refractivity contribution in [3.8, 4) is 0 Å². The number of carbonyl (C=O) groups is 1. The van der Waals surface area contributed by atoms with Gasteiger partial charge >= 0.3 is 0 Å². The molecule has 3 N–H and O–H groups in total. The fourth-order valence-corrected chi connectivity index (χ4v) is 1.83. The van der Waals surface area contributed by atoms with Crippen LogP contribution >= 0.6 is 0 Å². The molecule has 0 aliphatic carbocycles. The third-order valence-corrected chi connectivity index (χ3v) is 2.57. The quantitative estimate of drug-likeness (QED) is 0.695. The monoisotopic (exact) mass is 215 g/mol. The Morgan fingerprint density at radius 2 is 2.00 bits per heavy atom. The normalized spacial score (nSPS) is 11.3. The molecule has 0 bridgehead atoms. The molecule has 1 amide bonds. The van der Waals surface area contributed by atoms with Gasteiger partial charge in [-0.05, 0) is 24.6 Å². The molecule has 5 nitrogen and oxygen atoms in total. The summed E-state index contributed by atoms with van der Waals surface area (Å²) in [5.74, 6) is -0.891. The van der Waals surface area contributed by atoms with Crippen LogP contribution in [0.4, 0.5) is 0 Å². The molecule has 1 aromatic rings. The number of amides is 1. The van der Waals surface area contributed by atoms with Gasteiger partial charge in [0.15, 0.2) is 0 Å². The standard InChI is InChI=1S/C8H9NO4S/c1-5-2-3-6(8(9)10)7(4-5)14(11,12)13/h2-4H,1H3,(H2,9,10)(H,11,12,13). The summed E-state index contributed by atoms with van der Waals surface area (Å²) in [6.45, 7) is 1.64. The minimum atomic E-state index is -4.40. The SMILES string of the molecule is Cc1ccc(C(N)=O)c(S(=O)(=O)O)c1. The number of hydrogen-bond donors (Lipinski definition) is 2. The van der Waals surface area contributed by atoms with Gasteiger partial charge < -0.3 is 5.73 Å². The van der Waals surface area contributed by atoms with Crippen molar-refractivity contribution in [1.82, 2.24) is 0 Å². The fraction of sp³-hybridized carbons (Fsp3) is 0.125. The molecule has 0 unspecified atom stereocenters. The van der Waals surface area contributed by atoms with Crippen LogP contribution in [0, 0.1) is 6.92 Å². The van der Waals surface area contributed by atoms with E-state index >= 15 is 0 Å². The summed E-state index contributed by atoms with van der Waals surface area (Å²) in [5, 5.41) is 0. The van der Waals surface area contributed by atoms with E-state index in [1.807, 2.05) is 0 Å². The maximum Gasteiger partial charge on any atom is 0.295 e. The number of primary amides is 1. The lowest BCUT2D eigenvalue weighted by Crippen LogP contribution is -2.16. The average Bonchev–Trinajstić information content (AvgIpc) is 2.01. The van der Waals surface area contributed by atoms with Crippen molar-refractivity contribution in [2.45, 2.75) is 11.8 Å². The highest BCUT2D eigenvalue weighted by atomic mass is 32.2. The van der Waals surface area contributed by atoms with Crippen molar-refractivity contribution in [2.75, 3.05) is 0 Å². The lowest BCUT2D eigenvalue weighted by Gasteiger charge is -2.04. The second-order valence-corrected chi connectivity index (χ2v) is 4.23. The highest BCUT2D eigenvalue weighted by molar-refractivity contribution is 7.86. The molecule has 0 aliphatic heterocycles. The summed E-state index contributed by atoms with van der Waals surface area (Å²) >= 11 is 0. The molecule has 1 rings (SSSR count). The van der Waals surface area contributed by atoms with Crippen molar-refractivity contribution in [1.29, 1.82) is 0 Å². The second-order valence-electron chi connectivity index (χ2n) is 2.84. The molecule has 0 atom stereocenters. The highest BCUT2D eigenvalue weighted by Crippen LogP contribution is 2.16. The third-order valence-electron chi connectivity index (χ3n) is 1.68. The van der Waals surface area contributed by atoms with Gasteiger partial charge in [-0.3, -0.25) is 9.35 Å². The van der Waals surface area contributed by atoms with Crippen molar-refractivity contribution in [3.05, 3.63) is 29.3 Å². The van der Waals surface area contributed by atoms with Gasteiger partial charge in [-0.15, -0.1) is 0 Å². The van der Waals surface area contributed by atoms with Crippen LogP contribution in [0.3, 0.4) is 0 Å². The zero-order chi connectivity index (χ0) is 10.9. The predicted octanol–water partition coefficient (Wildman–Crippen LogP) is 0.341. The lowest BCUT2D eigenvalue weighted by molar-refractivity contribution is 0.0997. The van der Waals surface area contributed by atoms with Crippen LogP contribution in [0.1, 0.15) is 15.9 Å². The second kappa shape index (κ2) is 3.39. The Hall–Kier alpha value is -1.40. The van der Waals surface area contributed by atoms with E-state index in [2.05, 4.69) is 0 Å². The van der Waals surface area contributed by atoms with Gasteiger partial charge in [0.1, 0.15) is 4.90 Å². The summed E-state index contributed by atoms with van der Waals surface area (Å²) in [6, 6.07) is 3.99. The average molecular weight is 215 g/mol. The first-order chi connectivity index (χ1) is 6.32. The van der Waals surface area contributed by atoms with E-state index in [1.165, 1.54) is 18.2 Å². The highest BCUT2D eigenvalue weighted by Gasteiger charge is 2.18. The Morgan fingerprint density at radius 1 is 1.43 bits per heavy atom. The zero-order valence-electron chi connectivity index (χ0n) is 7.39. The summed E-state index contributed by atoms with van der Waals surface area (Å²) in [4.78, 5) is 10.4. The van der Waals surface area contributed by atoms with E-state index in [0.717, 1.165) is 0 Å². The number of hydrogen-bond acceptors (Lipinski definition) is 3. The Balaban J connectivity index is 3.54. The molecule has 0 spiro atoms. The molecular weight excluding hydrogens is 206 g/mol. The Kier molecular flexibility index (Phi) is 2.59. The number of rotatable bonds is 2. The molecule has 0 heterocycles. The third kappa shape index (κ3) is 2.09. The summed E-state index contributed by atoms with van der Waals surface area (Å²) < 4.78 is 30.5. The number of nitrogens with two attached hydrogens (primary N) is 1. The molecule has 0 radical (unpaired) electrons. The minimum Gasteiger partial charge on any atom is -0.366 e. The van der Waals surface area contributed by atoms with Crippen molar-refractivity contribution < 1.29 is 17.8 Å². The topological polar surface area (TPSA) is 97.5 Å². The lowest BCUT2D eigenvalue weighted by atomic mass is 10.1. The first-order valence-electron chi connectivity index (χ1n) is 3.70. The maximum absolute atomic E-state index is 10.9. The van der Waals surface area contributed by atoms with Crippen LogP contribution in [0.15, 0.2) is 23.1 Å². The predicted molar refractivity (Wildman–Crippen MR) is 49.5 cm³/mol. The van der Waals surface area contributed by atoms with Gasteiger partial charge in [0, 0.05) is 0 Å². The van der Waals surface area contributed by atoms with Gasteiger partial charge in [0.2, 0.25) is 5.91 Å². The van der Waals surface area contributed by atoms with E-state index in [0.29, 0.717) is 5.56 Å². The first-order valence-corrected chi connectivity index (χ1v) is 5.14. The van der Waals surface area contributed by atoms with Crippen LogP contribution < -0.4 is 5.73 Å². The summed E-state index contributed by atoms with van der Waals surface area (Å²) in [5.41, 5.74) is 5.35. The van der Waals surface area contributed by atoms with E-state index < -0.39 is 20.9 Å². The van der Waals surface area contributed by atoms with Gasteiger partial charge in [-0.2, -0.15) is 8.42 Å². The van der Waals surface area contributed by atoms with Gasteiger partial charge in [0.05, 0.1) is 5.56 Å². The van der Waals surface area contributed by atoms with Crippen molar-refractivity contribution in [2.24, 2.45) is 5.73 Å². The Morgan fingerprint density at radius 3 is 2.43 bits per heavy atom. The molecule has 14 heavy (non-hydrogen) atoms. The maximum atomic E-state index is 10.9. The van der Waals surface area contributed by atoms with Gasteiger partial charge in [-0.1, -0.05) is 6.07 Å². The molecular formula is C8H9NO4S. The summed E-state index contributed by atoms with van der Waals surface area (Å²) in [6.07, 6.45) is 0. The molecule has 0 saturated carbocycles. The number of benzene rings is 1. The van der Waals surface area contributed by atoms with E-state index in [-0.39, 0.29) is 5.56 Å².